The number of carbonyl (C=O) groups excluding carboxylic acids is 2. The van der Waals surface area contributed by atoms with Gasteiger partial charge in [0.25, 0.3) is 0 Å². The molecule has 0 aromatic heterocycles. The molecule has 2 N–H and O–H groups in total. The molecule has 0 radical (unpaired) electrons. The molecule has 92 valence electrons. The molecule has 2 unspecified atom stereocenters. The summed E-state index contributed by atoms with van der Waals surface area (Å²) >= 11 is 5.16. The zero-order valence-electron chi connectivity index (χ0n) is 9.65. The Morgan fingerprint density at radius 2 is 1.71 bits per heavy atom. The van der Waals surface area contributed by atoms with Crippen LogP contribution in [0.3, 0.4) is 0 Å². The molecule has 2 aliphatic carbocycles. The summed E-state index contributed by atoms with van der Waals surface area (Å²) in [5.41, 5.74) is 5.21. The first-order chi connectivity index (χ1) is 8.08. The van der Waals surface area contributed by atoms with Crippen molar-refractivity contribution in [2.75, 3.05) is 0 Å². The van der Waals surface area contributed by atoms with Crippen molar-refractivity contribution in [3.05, 3.63) is 0 Å². The highest BCUT2D eigenvalue weighted by molar-refractivity contribution is 7.80. The third-order valence-corrected chi connectivity index (χ3v) is 4.81. The number of amides is 2. The highest BCUT2D eigenvalue weighted by Gasteiger charge is 2.64. The van der Waals surface area contributed by atoms with Gasteiger partial charge in [0.1, 0.15) is 5.54 Å². The molecule has 0 aromatic rings. The fourth-order valence-electron chi connectivity index (χ4n) is 3.32. The number of imide groups is 1. The van der Waals surface area contributed by atoms with E-state index in [-0.39, 0.29) is 23.7 Å². The lowest BCUT2D eigenvalue weighted by molar-refractivity contribution is -0.147. The molecule has 1 saturated heterocycles. The topological polar surface area (TPSA) is 63.4 Å². The van der Waals surface area contributed by atoms with Crippen LogP contribution < -0.4 is 5.73 Å². The third kappa shape index (κ3) is 1.38. The van der Waals surface area contributed by atoms with Crippen LogP contribution in [-0.2, 0) is 9.59 Å². The van der Waals surface area contributed by atoms with E-state index < -0.39 is 5.54 Å². The van der Waals surface area contributed by atoms with E-state index in [2.05, 4.69) is 0 Å². The second-order valence-electron chi connectivity index (χ2n) is 5.42. The summed E-state index contributed by atoms with van der Waals surface area (Å²) in [6.07, 6.45) is 5.35. The van der Waals surface area contributed by atoms with Gasteiger partial charge >= 0.3 is 0 Å². The monoisotopic (exact) mass is 252 g/mol. The fraction of sp³-hybridized carbons (Fsp3) is 0.750. The maximum atomic E-state index is 12.2. The van der Waals surface area contributed by atoms with Gasteiger partial charge in [-0.05, 0) is 19.3 Å². The summed E-state index contributed by atoms with van der Waals surface area (Å²) in [6, 6.07) is 0. The second-order valence-corrected chi connectivity index (χ2v) is 5.86. The van der Waals surface area contributed by atoms with Gasteiger partial charge in [0.15, 0.2) is 0 Å². The largest absolute Gasteiger partial charge is 0.391 e. The number of hydrogen-bond donors (Lipinski definition) is 1. The Kier molecular flexibility index (Phi) is 2.30. The number of thiocarbonyl (C=S) groups is 1. The predicted molar refractivity (Wildman–Crippen MR) is 66.1 cm³/mol. The Hall–Kier alpha value is -0.970. The van der Waals surface area contributed by atoms with Gasteiger partial charge in [-0.25, -0.2) is 0 Å². The molecular formula is C12H16N2O2S. The molecule has 3 aliphatic rings. The average Bonchev–Trinajstić information content (AvgIpc) is 3.05. The minimum Gasteiger partial charge on any atom is -0.391 e. The molecule has 17 heavy (non-hydrogen) atoms. The fourth-order valence-corrected chi connectivity index (χ4v) is 3.62. The zero-order valence-corrected chi connectivity index (χ0v) is 10.5. The maximum Gasteiger partial charge on any atom is 0.234 e. The van der Waals surface area contributed by atoms with Crippen LogP contribution in [0.1, 0.15) is 38.5 Å². The molecule has 4 nitrogen and oxygen atoms in total. The minimum absolute atomic E-state index is 0.0327. The van der Waals surface area contributed by atoms with Crippen LogP contribution in [0.25, 0.3) is 0 Å². The molecule has 0 aromatic carbocycles. The summed E-state index contributed by atoms with van der Waals surface area (Å²) in [5.74, 6) is -0.185. The minimum atomic E-state index is -0.644. The number of piperidine rings is 1. The van der Waals surface area contributed by atoms with Crippen molar-refractivity contribution in [1.82, 2.24) is 4.90 Å². The molecule has 1 heterocycles. The van der Waals surface area contributed by atoms with Crippen LogP contribution in [0, 0.1) is 11.8 Å². The van der Waals surface area contributed by atoms with E-state index in [1.54, 1.807) is 0 Å². The van der Waals surface area contributed by atoms with Crippen LogP contribution in [0.5, 0.6) is 0 Å². The molecule has 0 bridgehead atoms. The SMILES string of the molecule is NC(=S)C1(N2C(=O)C3CC3C2=O)CCCCC1. The lowest BCUT2D eigenvalue weighted by Crippen LogP contribution is -2.60. The molecule has 5 heteroatoms. The molecule has 0 spiro atoms. The first kappa shape index (κ1) is 11.1. The number of fused-ring (bicyclic) bond motifs is 1. The first-order valence-electron chi connectivity index (χ1n) is 6.26. The Labute approximate surface area is 106 Å². The van der Waals surface area contributed by atoms with Crippen molar-refractivity contribution in [3.8, 4) is 0 Å². The van der Waals surface area contributed by atoms with E-state index in [4.69, 9.17) is 18.0 Å². The number of hydrogen-bond acceptors (Lipinski definition) is 3. The van der Waals surface area contributed by atoms with Crippen molar-refractivity contribution in [2.24, 2.45) is 17.6 Å². The Balaban J connectivity index is 1.96. The van der Waals surface area contributed by atoms with Gasteiger partial charge in [-0.15, -0.1) is 0 Å². The van der Waals surface area contributed by atoms with Gasteiger partial charge in [-0.1, -0.05) is 31.5 Å². The van der Waals surface area contributed by atoms with Gasteiger partial charge in [0.05, 0.1) is 16.8 Å². The number of nitrogens with zero attached hydrogens (tertiary/aromatic N) is 1. The Morgan fingerprint density at radius 3 is 2.18 bits per heavy atom. The molecule has 2 saturated carbocycles. The summed E-state index contributed by atoms with van der Waals surface area (Å²) in [6.45, 7) is 0. The predicted octanol–water partition coefficient (Wildman–Crippen LogP) is 0.980. The molecule has 3 rings (SSSR count). The van der Waals surface area contributed by atoms with Crippen LogP contribution in [0.2, 0.25) is 0 Å². The van der Waals surface area contributed by atoms with Gasteiger partial charge in [0.2, 0.25) is 11.8 Å². The van der Waals surface area contributed by atoms with Crippen molar-refractivity contribution >= 4 is 29.0 Å². The van der Waals surface area contributed by atoms with Crippen molar-refractivity contribution in [1.29, 1.82) is 0 Å². The van der Waals surface area contributed by atoms with E-state index >= 15 is 0 Å². The number of nitrogens with two attached hydrogens (primary N) is 1. The van der Waals surface area contributed by atoms with Crippen molar-refractivity contribution in [3.63, 3.8) is 0 Å². The zero-order chi connectivity index (χ0) is 12.2. The quantitative estimate of drug-likeness (QED) is 0.588. The molecular weight excluding hydrogens is 236 g/mol. The van der Waals surface area contributed by atoms with Crippen molar-refractivity contribution in [2.45, 2.75) is 44.1 Å². The van der Waals surface area contributed by atoms with E-state index in [1.165, 1.54) is 4.90 Å². The summed E-state index contributed by atoms with van der Waals surface area (Å²) in [4.78, 5) is 26.1. The maximum absolute atomic E-state index is 12.2. The highest BCUT2D eigenvalue weighted by Crippen LogP contribution is 2.51. The Bertz CT molecular complexity index is 395. The number of rotatable bonds is 2. The summed E-state index contributed by atoms with van der Waals surface area (Å²) < 4.78 is 0. The van der Waals surface area contributed by atoms with E-state index in [0.29, 0.717) is 4.99 Å². The van der Waals surface area contributed by atoms with Gasteiger partial charge in [-0.3, -0.25) is 14.5 Å². The van der Waals surface area contributed by atoms with Crippen molar-refractivity contribution < 1.29 is 9.59 Å². The lowest BCUT2D eigenvalue weighted by atomic mass is 9.80. The van der Waals surface area contributed by atoms with Crippen LogP contribution in [-0.4, -0.2) is 27.2 Å². The van der Waals surface area contributed by atoms with Crippen LogP contribution in [0.15, 0.2) is 0 Å². The average molecular weight is 252 g/mol. The molecule has 3 fully saturated rings. The first-order valence-corrected chi connectivity index (χ1v) is 6.66. The number of carbonyl (C=O) groups is 2. The molecule has 2 atom stereocenters. The summed E-state index contributed by atoms with van der Waals surface area (Å²) in [5, 5.41) is 0. The second kappa shape index (κ2) is 3.51. The standard InChI is InChI=1S/C12H16N2O2S/c13-11(17)12(4-2-1-3-5-12)14-9(15)7-6-8(7)10(14)16/h7-8H,1-6H2,(H2,13,17). The normalized spacial score (nSPS) is 34.7. The smallest absolute Gasteiger partial charge is 0.234 e. The van der Waals surface area contributed by atoms with Crippen LogP contribution >= 0.6 is 12.2 Å². The molecule has 2 amide bonds. The number of likely N-dealkylation sites (tertiary alicyclic amines) is 1. The van der Waals surface area contributed by atoms with Gasteiger partial charge in [0, 0.05) is 0 Å². The van der Waals surface area contributed by atoms with Gasteiger partial charge < -0.3 is 5.73 Å². The summed E-state index contributed by atoms with van der Waals surface area (Å²) in [7, 11) is 0. The molecule has 1 aliphatic heterocycles. The van der Waals surface area contributed by atoms with E-state index in [9.17, 15) is 9.59 Å². The lowest BCUT2D eigenvalue weighted by Gasteiger charge is -2.43. The van der Waals surface area contributed by atoms with E-state index in [1.807, 2.05) is 0 Å². The Morgan fingerprint density at radius 1 is 1.18 bits per heavy atom. The van der Waals surface area contributed by atoms with Gasteiger partial charge in [-0.2, -0.15) is 0 Å². The highest BCUT2D eigenvalue weighted by atomic mass is 32.1. The third-order valence-electron chi connectivity index (χ3n) is 4.43. The van der Waals surface area contributed by atoms with Crippen LogP contribution in [0.4, 0.5) is 0 Å². The van der Waals surface area contributed by atoms with E-state index in [0.717, 1.165) is 38.5 Å².